The van der Waals surface area contributed by atoms with Crippen LogP contribution >= 0.6 is 0 Å². The third-order valence-electron chi connectivity index (χ3n) is 4.54. The van der Waals surface area contributed by atoms with Crippen LogP contribution in [0.25, 0.3) is 0 Å². The first-order chi connectivity index (χ1) is 8.18. The Labute approximate surface area is 104 Å². The second-order valence-electron chi connectivity index (χ2n) is 5.76. The maximum Gasteiger partial charge on any atom is 0.0456 e. The highest BCUT2D eigenvalue weighted by Gasteiger charge is 2.38. The van der Waals surface area contributed by atoms with Crippen LogP contribution in [0, 0.1) is 0 Å². The SMILES string of the molecule is CC1CC(N(C)C2CC2)C(N)c2ccccc21. The Morgan fingerprint density at radius 2 is 1.82 bits per heavy atom. The van der Waals surface area contributed by atoms with Crippen LogP contribution in [-0.4, -0.2) is 24.0 Å². The van der Waals surface area contributed by atoms with E-state index in [-0.39, 0.29) is 6.04 Å². The van der Waals surface area contributed by atoms with Gasteiger partial charge in [0.25, 0.3) is 0 Å². The molecular weight excluding hydrogens is 208 g/mol. The Balaban J connectivity index is 1.91. The molecule has 2 heteroatoms. The summed E-state index contributed by atoms with van der Waals surface area (Å²) < 4.78 is 0. The van der Waals surface area contributed by atoms with E-state index in [1.165, 1.54) is 30.4 Å². The normalized spacial score (nSPS) is 32.6. The van der Waals surface area contributed by atoms with Crippen LogP contribution in [0.15, 0.2) is 24.3 Å². The number of nitrogens with two attached hydrogens (primary N) is 1. The molecule has 1 saturated carbocycles. The van der Waals surface area contributed by atoms with Gasteiger partial charge in [-0.2, -0.15) is 0 Å². The van der Waals surface area contributed by atoms with Crippen molar-refractivity contribution in [2.24, 2.45) is 5.73 Å². The zero-order chi connectivity index (χ0) is 12.0. The summed E-state index contributed by atoms with van der Waals surface area (Å²) >= 11 is 0. The Bertz CT molecular complexity index is 411. The molecule has 3 atom stereocenters. The van der Waals surface area contributed by atoms with Crippen molar-refractivity contribution in [3.8, 4) is 0 Å². The van der Waals surface area contributed by atoms with Crippen LogP contribution in [0.4, 0.5) is 0 Å². The molecule has 0 saturated heterocycles. The van der Waals surface area contributed by atoms with Gasteiger partial charge in [-0.25, -0.2) is 0 Å². The smallest absolute Gasteiger partial charge is 0.0456 e. The summed E-state index contributed by atoms with van der Waals surface area (Å²) in [4.78, 5) is 2.52. The topological polar surface area (TPSA) is 29.3 Å². The number of likely N-dealkylation sites (N-methyl/N-ethyl adjacent to an activating group) is 1. The van der Waals surface area contributed by atoms with Crippen LogP contribution in [0.1, 0.15) is 49.3 Å². The Kier molecular flexibility index (Phi) is 2.72. The first kappa shape index (κ1) is 11.2. The number of hydrogen-bond donors (Lipinski definition) is 1. The van der Waals surface area contributed by atoms with Gasteiger partial charge in [-0.05, 0) is 43.4 Å². The fourth-order valence-corrected chi connectivity index (χ4v) is 3.28. The zero-order valence-corrected chi connectivity index (χ0v) is 10.8. The molecule has 3 unspecified atom stereocenters. The summed E-state index contributed by atoms with van der Waals surface area (Å²) in [5.74, 6) is 0.636. The number of benzene rings is 1. The predicted molar refractivity (Wildman–Crippen MR) is 71.0 cm³/mol. The fourth-order valence-electron chi connectivity index (χ4n) is 3.28. The molecule has 0 aromatic heterocycles. The third kappa shape index (κ3) is 1.90. The summed E-state index contributed by atoms with van der Waals surface area (Å²) in [7, 11) is 2.25. The quantitative estimate of drug-likeness (QED) is 0.846. The van der Waals surface area contributed by atoms with E-state index in [2.05, 4.69) is 43.1 Å². The molecule has 17 heavy (non-hydrogen) atoms. The molecule has 2 aliphatic rings. The highest BCUT2D eigenvalue weighted by Crippen LogP contribution is 2.41. The fraction of sp³-hybridized carbons (Fsp3) is 0.600. The minimum Gasteiger partial charge on any atom is -0.323 e. The first-order valence-corrected chi connectivity index (χ1v) is 6.75. The van der Waals surface area contributed by atoms with Crippen LogP contribution in [0.3, 0.4) is 0 Å². The van der Waals surface area contributed by atoms with Crippen LogP contribution in [0.2, 0.25) is 0 Å². The maximum absolute atomic E-state index is 6.48. The minimum absolute atomic E-state index is 0.188. The van der Waals surface area contributed by atoms with Gasteiger partial charge in [-0.3, -0.25) is 4.90 Å². The zero-order valence-electron chi connectivity index (χ0n) is 10.8. The predicted octanol–water partition coefficient (Wildman–Crippen LogP) is 2.66. The summed E-state index contributed by atoms with van der Waals surface area (Å²) in [6, 6.07) is 10.2. The van der Waals surface area contributed by atoms with Gasteiger partial charge in [0.05, 0.1) is 0 Å². The van der Waals surface area contributed by atoms with Gasteiger partial charge in [0.15, 0.2) is 0 Å². The number of fused-ring (bicyclic) bond motifs is 1. The molecule has 3 rings (SSSR count). The van der Waals surface area contributed by atoms with E-state index in [1.54, 1.807) is 0 Å². The standard InChI is InChI=1S/C15H22N2/c1-10-9-14(17(2)11-7-8-11)15(16)13-6-4-3-5-12(10)13/h3-6,10-11,14-15H,7-9,16H2,1-2H3. The monoisotopic (exact) mass is 230 g/mol. The summed E-state index contributed by atoms with van der Waals surface area (Å²) in [5.41, 5.74) is 9.30. The van der Waals surface area contributed by atoms with Crippen LogP contribution in [0.5, 0.6) is 0 Å². The second kappa shape index (κ2) is 4.11. The lowest BCUT2D eigenvalue weighted by Crippen LogP contribution is -2.45. The highest BCUT2D eigenvalue weighted by atomic mass is 15.2. The second-order valence-corrected chi connectivity index (χ2v) is 5.76. The van der Waals surface area contributed by atoms with E-state index >= 15 is 0 Å². The van der Waals surface area contributed by atoms with Gasteiger partial charge >= 0.3 is 0 Å². The number of nitrogens with zero attached hydrogens (tertiary/aromatic N) is 1. The molecule has 2 aliphatic carbocycles. The molecule has 0 aliphatic heterocycles. The molecule has 2 N–H and O–H groups in total. The molecule has 2 nitrogen and oxygen atoms in total. The van der Waals surface area contributed by atoms with Gasteiger partial charge in [0, 0.05) is 18.1 Å². The van der Waals surface area contributed by atoms with Gasteiger partial charge in [0.2, 0.25) is 0 Å². The number of hydrogen-bond acceptors (Lipinski definition) is 2. The minimum atomic E-state index is 0.188. The van der Waals surface area contributed by atoms with E-state index in [0.717, 1.165) is 6.04 Å². The van der Waals surface area contributed by atoms with Crippen LogP contribution in [-0.2, 0) is 0 Å². The molecule has 1 fully saturated rings. The Hall–Kier alpha value is -0.860. The van der Waals surface area contributed by atoms with Crippen molar-refractivity contribution in [1.82, 2.24) is 4.90 Å². The summed E-state index contributed by atoms with van der Waals surface area (Å²) in [5, 5.41) is 0. The molecule has 0 spiro atoms. The molecule has 92 valence electrons. The van der Waals surface area contributed by atoms with E-state index in [1.807, 2.05) is 0 Å². The van der Waals surface area contributed by atoms with Gasteiger partial charge in [-0.15, -0.1) is 0 Å². The van der Waals surface area contributed by atoms with E-state index < -0.39 is 0 Å². The largest absolute Gasteiger partial charge is 0.323 e. The summed E-state index contributed by atoms with van der Waals surface area (Å²) in [6.45, 7) is 2.33. The highest BCUT2D eigenvalue weighted by molar-refractivity contribution is 5.36. The average molecular weight is 230 g/mol. The lowest BCUT2D eigenvalue weighted by atomic mass is 9.78. The van der Waals surface area contributed by atoms with Crippen molar-refractivity contribution < 1.29 is 0 Å². The third-order valence-corrected chi connectivity index (χ3v) is 4.54. The molecule has 0 amide bonds. The lowest BCUT2D eigenvalue weighted by Gasteiger charge is -2.40. The first-order valence-electron chi connectivity index (χ1n) is 6.75. The number of rotatable bonds is 2. The van der Waals surface area contributed by atoms with Gasteiger partial charge < -0.3 is 5.73 Å². The van der Waals surface area contributed by atoms with E-state index in [4.69, 9.17) is 5.73 Å². The average Bonchev–Trinajstić information content (AvgIpc) is 3.17. The molecular formula is C15H22N2. The molecule has 0 radical (unpaired) electrons. The van der Waals surface area contributed by atoms with Crippen molar-refractivity contribution in [3.05, 3.63) is 35.4 Å². The Morgan fingerprint density at radius 3 is 2.47 bits per heavy atom. The van der Waals surface area contributed by atoms with Crippen LogP contribution < -0.4 is 5.73 Å². The summed E-state index contributed by atoms with van der Waals surface area (Å²) in [6.07, 6.45) is 3.91. The van der Waals surface area contributed by atoms with Crippen molar-refractivity contribution in [3.63, 3.8) is 0 Å². The lowest BCUT2D eigenvalue weighted by molar-refractivity contribution is 0.174. The molecule has 1 aromatic rings. The van der Waals surface area contributed by atoms with Crippen molar-refractivity contribution in [1.29, 1.82) is 0 Å². The molecule has 0 heterocycles. The molecule has 1 aromatic carbocycles. The van der Waals surface area contributed by atoms with Gasteiger partial charge in [-0.1, -0.05) is 31.2 Å². The van der Waals surface area contributed by atoms with Crippen molar-refractivity contribution in [2.45, 2.75) is 50.2 Å². The van der Waals surface area contributed by atoms with Crippen molar-refractivity contribution in [2.75, 3.05) is 7.05 Å². The van der Waals surface area contributed by atoms with Gasteiger partial charge in [0.1, 0.15) is 0 Å². The van der Waals surface area contributed by atoms with Crippen molar-refractivity contribution >= 4 is 0 Å². The van der Waals surface area contributed by atoms with E-state index in [9.17, 15) is 0 Å². The van der Waals surface area contributed by atoms with E-state index in [0.29, 0.717) is 12.0 Å². The molecule has 0 bridgehead atoms. The Morgan fingerprint density at radius 1 is 1.18 bits per heavy atom. The maximum atomic E-state index is 6.48.